The number of amides is 1. The molecule has 1 aromatic heterocycles. The van der Waals surface area contributed by atoms with Crippen molar-refractivity contribution < 1.29 is 9.53 Å². The van der Waals surface area contributed by atoms with Crippen LogP contribution >= 0.6 is 0 Å². The fraction of sp³-hybridized carbons (Fsp3) is 0.250. The zero-order valence-corrected chi connectivity index (χ0v) is 14.0. The van der Waals surface area contributed by atoms with Crippen LogP contribution in [-0.4, -0.2) is 23.0 Å². The van der Waals surface area contributed by atoms with Gasteiger partial charge in [0.05, 0.1) is 30.4 Å². The molecular weight excluding hydrogens is 314 g/mol. The van der Waals surface area contributed by atoms with Crippen LogP contribution in [0.5, 0.6) is 5.75 Å². The highest BCUT2D eigenvalue weighted by Crippen LogP contribution is 2.41. The highest BCUT2D eigenvalue weighted by molar-refractivity contribution is 5.94. The van der Waals surface area contributed by atoms with Crippen LogP contribution in [0.2, 0.25) is 0 Å². The zero-order chi connectivity index (χ0) is 17.2. The van der Waals surface area contributed by atoms with Crippen molar-refractivity contribution >= 4 is 16.9 Å². The van der Waals surface area contributed by atoms with Gasteiger partial charge in [0.25, 0.3) is 5.91 Å². The topological polar surface area (TPSA) is 64.1 Å². The molecule has 0 unspecified atom stereocenters. The van der Waals surface area contributed by atoms with Gasteiger partial charge in [-0.15, -0.1) is 0 Å². The molecule has 1 aliphatic rings. The molecule has 1 amide bonds. The molecule has 1 heterocycles. The van der Waals surface area contributed by atoms with Crippen LogP contribution in [0.15, 0.2) is 54.7 Å². The predicted molar refractivity (Wildman–Crippen MR) is 95.5 cm³/mol. The summed E-state index contributed by atoms with van der Waals surface area (Å²) >= 11 is 0. The van der Waals surface area contributed by atoms with Crippen molar-refractivity contribution in [2.45, 2.75) is 18.9 Å². The molecule has 1 N–H and O–H groups in total. The highest BCUT2D eigenvalue weighted by atomic mass is 16.5. The van der Waals surface area contributed by atoms with Crippen LogP contribution in [0.25, 0.3) is 11.0 Å². The fourth-order valence-electron chi connectivity index (χ4n) is 3.00. The first-order valence-electron chi connectivity index (χ1n) is 8.41. The molecule has 1 fully saturated rings. The summed E-state index contributed by atoms with van der Waals surface area (Å²) in [7, 11) is 1.65. The lowest BCUT2D eigenvalue weighted by molar-refractivity contribution is 0.0926. The van der Waals surface area contributed by atoms with E-state index in [9.17, 15) is 4.79 Å². The molecule has 2 aromatic carbocycles. The smallest absolute Gasteiger partial charge is 0.271 e. The maximum atomic E-state index is 12.7. The van der Waals surface area contributed by atoms with Crippen molar-refractivity contribution in [2.75, 3.05) is 7.11 Å². The lowest BCUT2D eigenvalue weighted by Crippen LogP contribution is -2.30. The average Bonchev–Trinajstić information content (AvgIpc) is 3.51. The largest absolute Gasteiger partial charge is 0.497 e. The minimum absolute atomic E-state index is 0.00771. The number of hydrogen-bond donors (Lipinski definition) is 1. The van der Waals surface area contributed by atoms with Crippen LogP contribution in [0.4, 0.5) is 0 Å². The van der Waals surface area contributed by atoms with E-state index in [2.05, 4.69) is 15.3 Å². The number of hydrogen-bond acceptors (Lipinski definition) is 4. The van der Waals surface area contributed by atoms with Gasteiger partial charge in [-0.2, -0.15) is 0 Å². The molecule has 0 aliphatic heterocycles. The van der Waals surface area contributed by atoms with Crippen LogP contribution in [-0.2, 0) is 0 Å². The summed E-state index contributed by atoms with van der Waals surface area (Å²) in [5.74, 6) is 1.10. The Labute approximate surface area is 146 Å². The van der Waals surface area contributed by atoms with Gasteiger partial charge in [0, 0.05) is 0 Å². The molecule has 0 saturated heterocycles. The standard InChI is InChI=1S/C20H19N3O2/c1-25-15-10-8-14(9-11-15)19(13-6-7-13)23-20(24)18-12-21-16-4-2-3-5-17(16)22-18/h2-5,8-13,19H,6-7H2,1H3,(H,23,24)/t19-/m1/s1. The maximum Gasteiger partial charge on any atom is 0.271 e. The van der Waals surface area contributed by atoms with Crippen LogP contribution in [0.1, 0.15) is 34.9 Å². The monoisotopic (exact) mass is 333 g/mol. The van der Waals surface area contributed by atoms with Gasteiger partial charge < -0.3 is 10.1 Å². The molecule has 1 saturated carbocycles. The number of ether oxygens (including phenoxy) is 1. The first kappa shape index (κ1) is 15.6. The van der Waals surface area contributed by atoms with E-state index in [1.54, 1.807) is 7.11 Å². The SMILES string of the molecule is COc1ccc([C@H](NC(=O)c2cnc3ccccc3n2)C2CC2)cc1. The summed E-state index contributed by atoms with van der Waals surface area (Å²) in [6, 6.07) is 15.4. The number of carbonyl (C=O) groups excluding carboxylic acids is 1. The third-order valence-electron chi connectivity index (χ3n) is 4.54. The Hall–Kier alpha value is -2.95. The molecule has 0 spiro atoms. The molecule has 0 radical (unpaired) electrons. The summed E-state index contributed by atoms with van der Waals surface area (Å²) in [5, 5.41) is 3.13. The van der Waals surface area contributed by atoms with Crippen molar-refractivity contribution in [3.05, 3.63) is 66.0 Å². The molecule has 1 atom stereocenters. The third-order valence-corrected chi connectivity index (χ3v) is 4.54. The Morgan fingerprint density at radius 3 is 2.52 bits per heavy atom. The Morgan fingerprint density at radius 2 is 1.84 bits per heavy atom. The van der Waals surface area contributed by atoms with Gasteiger partial charge in [-0.25, -0.2) is 4.98 Å². The van der Waals surface area contributed by atoms with E-state index in [-0.39, 0.29) is 11.9 Å². The number of methoxy groups -OCH3 is 1. The minimum atomic E-state index is -0.189. The summed E-state index contributed by atoms with van der Waals surface area (Å²) in [6.45, 7) is 0. The maximum absolute atomic E-state index is 12.7. The Bertz CT molecular complexity index is 904. The Kier molecular flexibility index (Phi) is 4.06. The van der Waals surface area contributed by atoms with E-state index in [1.807, 2.05) is 48.5 Å². The molecule has 0 bridgehead atoms. The molecule has 1 aliphatic carbocycles. The molecule has 126 valence electrons. The molecule has 3 aromatic rings. The number of fused-ring (bicyclic) bond motifs is 1. The average molecular weight is 333 g/mol. The zero-order valence-electron chi connectivity index (χ0n) is 14.0. The number of carbonyl (C=O) groups is 1. The first-order chi connectivity index (χ1) is 12.2. The number of para-hydroxylation sites is 2. The van der Waals surface area contributed by atoms with Crippen molar-refractivity contribution in [2.24, 2.45) is 5.92 Å². The van der Waals surface area contributed by atoms with Gasteiger partial charge in [0.1, 0.15) is 11.4 Å². The quantitative estimate of drug-likeness (QED) is 0.776. The van der Waals surface area contributed by atoms with E-state index >= 15 is 0 Å². The third kappa shape index (κ3) is 3.31. The molecule has 5 heteroatoms. The van der Waals surface area contributed by atoms with Crippen molar-refractivity contribution in [1.29, 1.82) is 0 Å². The van der Waals surface area contributed by atoms with Gasteiger partial charge in [0.15, 0.2) is 0 Å². The fourth-order valence-corrected chi connectivity index (χ4v) is 3.00. The van der Waals surface area contributed by atoms with Gasteiger partial charge in [-0.05, 0) is 48.6 Å². The van der Waals surface area contributed by atoms with Crippen LogP contribution in [0.3, 0.4) is 0 Å². The Balaban J connectivity index is 1.57. The van der Waals surface area contributed by atoms with E-state index in [4.69, 9.17) is 4.74 Å². The molecule has 4 rings (SSSR count). The first-order valence-corrected chi connectivity index (χ1v) is 8.41. The van der Waals surface area contributed by atoms with Crippen LogP contribution < -0.4 is 10.1 Å². The second kappa shape index (κ2) is 6.51. The second-order valence-electron chi connectivity index (χ2n) is 6.31. The lowest BCUT2D eigenvalue weighted by Gasteiger charge is -2.19. The van der Waals surface area contributed by atoms with Gasteiger partial charge in [0.2, 0.25) is 0 Å². The number of aromatic nitrogens is 2. The highest BCUT2D eigenvalue weighted by Gasteiger charge is 2.33. The van der Waals surface area contributed by atoms with E-state index in [0.29, 0.717) is 11.6 Å². The molecule has 5 nitrogen and oxygen atoms in total. The number of benzene rings is 2. The second-order valence-corrected chi connectivity index (χ2v) is 6.31. The van der Waals surface area contributed by atoms with E-state index < -0.39 is 0 Å². The summed E-state index contributed by atoms with van der Waals surface area (Å²) in [5.41, 5.74) is 2.94. The van der Waals surface area contributed by atoms with Gasteiger partial charge in [-0.3, -0.25) is 9.78 Å². The molecular formula is C20H19N3O2. The minimum Gasteiger partial charge on any atom is -0.497 e. The number of nitrogens with zero attached hydrogens (tertiary/aromatic N) is 2. The van der Waals surface area contributed by atoms with E-state index in [1.165, 1.54) is 6.20 Å². The van der Waals surface area contributed by atoms with Crippen molar-refractivity contribution in [3.63, 3.8) is 0 Å². The number of rotatable bonds is 5. The van der Waals surface area contributed by atoms with Crippen molar-refractivity contribution in [3.8, 4) is 5.75 Å². The molecule has 25 heavy (non-hydrogen) atoms. The van der Waals surface area contributed by atoms with Gasteiger partial charge >= 0.3 is 0 Å². The summed E-state index contributed by atoms with van der Waals surface area (Å²) < 4.78 is 5.21. The predicted octanol–water partition coefficient (Wildman–Crippen LogP) is 3.52. The summed E-state index contributed by atoms with van der Waals surface area (Å²) in [6.07, 6.45) is 3.79. The lowest BCUT2D eigenvalue weighted by atomic mass is 10.0. The van der Waals surface area contributed by atoms with Gasteiger partial charge in [-0.1, -0.05) is 24.3 Å². The summed E-state index contributed by atoms with van der Waals surface area (Å²) in [4.78, 5) is 21.4. The Morgan fingerprint density at radius 1 is 1.12 bits per heavy atom. The van der Waals surface area contributed by atoms with Crippen molar-refractivity contribution in [1.82, 2.24) is 15.3 Å². The van der Waals surface area contributed by atoms with E-state index in [0.717, 1.165) is 35.2 Å². The van der Waals surface area contributed by atoms with Crippen LogP contribution in [0, 0.1) is 5.92 Å². The number of nitrogens with one attached hydrogen (secondary N) is 1. The normalized spacial score (nSPS) is 14.9.